The van der Waals surface area contributed by atoms with Crippen molar-refractivity contribution >= 4 is 23.2 Å². The van der Waals surface area contributed by atoms with Crippen LogP contribution < -0.4 is 11.3 Å². The summed E-state index contributed by atoms with van der Waals surface area (Å²) in [5.41, 5.74) is 3.97. The number of nitrogens with one attached hydrogen (secondary N) is 1. The van der Waals surface area contributed by atoms with Crippen LogP contribution in [-0.2, 0) is 6.42 Å². The zero-order chi connectivity index (χ0) is 13.1. The van der Waals surface area contributed by atoms with Crippen LogP contribution in [0.5, 0.6) is 0 Å². The maximum absolute atomic E-state index is 13.2. The molecule has 3 N–H and O–H groups in total. The highest BCUT2D eigenvalue weighted by Gasteiger charge is 2.17. The van der Waals surface area contributed by atoms with Crippen molar-refractivity contribution < 1.29 is 8.81 Å². The fourth-order valence-electron chi connectivity index (χ4n) is 1.73. The van der Waals surface area contributed by atoms with E-state index in [2.05, 4.69) is 5.43 Å². The van der Waals surface area contributed by atoms with Crippen LogP contribution in [0.3, 0.4) is 0 Å². The van der Waals surface area contributed by atoms with Gasteiger partial charge in [-0.3, -0.25) is 11.3 Å². The summed E-state index contributed by atoms with van der Waals surface area (Å²) >= 11 is 11.9. The van der Waals surface area contributed by atoms with E-state index in [9.17, 15) is 4.39 Å². The van der Waals surface area contributed by atoms with E-state index in [1.165, 1.54) is 24.5 Å². The van der Waals surface area contributed by atoms with Crippen LogP contribution in [0.25, 0.3) is 0 Å². The first-order chi connectivity index (χ1) is 8.61. The Balaban J connectivity index is 2.26. The minimum Gasteiger partial charge on any atom is -0.453 e. The van der Waals surface area contributed by atoms with Gasteiger partial charge < -0.3 is 4.42 Å². The number of nitrogens with two attached hydrogens (primary N) is 1. The molecule has 1 aromatic heterocycles. The van der Waals surface area contributed by atoms with E-state index in [1.54, 1.807) is 6.07 Å². The molecular weight excluding hydrogens is 278 g/mol. The SMILES string of the molecule is NNC(Cc1cc(F)ccc1Cl)c1ccoc1Cl. The van der Waals surface area contributed by atoms with Crippen molar-refractivity contribution in [2.45, 2.75) is 12.5 Å². The Bertz CT molecular complexity index is 545. The van der Waals surface area contributed by atoms with Gasteiger partial charge in [-0.2, -0.15) is 0 Å². The lowest BCUT2D eigenvalue weighted by atomic mass is 10.0. The van der Waals surface area contributed by atoms with Crippen molar-refractivity contribution in [3.05, 3.63) is 57.7 Å². The fraction of sp³-hybridized carbons (Fsp3) is 0.167. The summed E-state index contributed by atoms with van der Waals surface area (Å²) in [6, 6.07) is 5.61. The number of halogens is 3. The van der Waals surface area contributed by atoms with Gasteiger partial charge in [-0.25, -0.2) is 4.39 Å². The molecule has 18 heavy (non-hydrogen) atoms. The highest BCUT2D eigenvalue weighted by atomic mass is 35.5. The Morgan fingerprint density at radius 2 is 2.11 bits per heavy atom. The zero-order valence-electron chi connectivity index (χ0n) is 9.29. The molecule has 0 fully saturated rings. The normalized spacial score (nSPS) is 12.7. The van der Waals surface area contributed by atoms with Crippen molar-refractivity contribution in [2.75, 3.05) is 0 Å². The Kier molecular flexibility index (Phi) is 4.24. The Morgan fingerprint density at radius 1 is 1.33 bits per heavy atom. The molecule has 0 aliphatic rings. The van der Waals surface area contributed by atoms with Gasteiger partial charge in [-0.05, 0) is 47.9 Å². The van der Waals surface area contributed by atoms with E-state index in [-0.39, 0.29) is 17.1 Å². The highest BCUT2D eigenvalue weighted by molar-refractivity contribution is 6.31. The van der Waals surface area contributed by atoms with Crippen LogP contribution in [-0.4, -0.2) is 0 Å². The lowest BCUT2D eigenvalue weighted by molar-refractivity contribution is 0.525. The summed E-state index contributed by atoms with van der Waals surface area (Å²) in [7, 11) is 0. The molecule has 0 amide bonds. The van der Waals surface area contributed by atoms with E-state index < -0.39 is 0 Å². The van der Waals surface area contributed by atoms with Gasteiger partial charge in [0, 0.05) is 10.6 Å². The van der Waals surface area contributed by atoms with Crippen molar-refractivity contribution in [3.8, 4) is 0 Å². The molecule has 2 rings (SSSR count). The molecule has 0 aliphatic heterocycles. The molecule has 1 unspecified atom stereocenters. The molecule has 2 aromatic rings. The van der Waals surface area contributed by atoms with E-state index in [0.29, 0.717) is 22.6 Å². The van der Waals surface area contributed by atoms with Crippen LogP contribution in [0.2, 0.25) is 10.2 Å². The Labute approximate surface area is 114 Å². The third kappa shape index (κ3) is 2.84. The van der Waals surface area contributed by atoms with Gasteiger partial charge in [0.2, 0.25) is 0 Å². The van der Waals surface area contributed by atoms with Crippen molar-refractivity contribution in [3.63, 3.8) is 0 Å². The summed E-state index contributed by atoms with van der Waals surface area (Å²) in [5, 5.41) is 0.738. The van der Waals surface area contributed by atoms with Crippen molar-refractivity contribution in [2.24, 2.45) is 5.84 Å². The number of hydrogen-bond donors (Lipinski definition) is 2. The number of furan rings is 1. The minimum atomic E-state index is -0.344. The van der Waals surface area contributed by atoms with Crippen molar-refractivity contribution in [1.29, 1.82) is 0 Å². The van der Waals surface area contributed by atoms with Gasteiger partial charge >= 0.3 is 0 Å². The predicted molar refractivity (Wildman–Crippen MR) is 68.9 cm³/mol. The summed E-state index contributed by atoms with van der Waals surface area (Å²) in [6.45, 7) is 0. The second-order valence-electron chi connectivity index (χ2n) is 3.81. The first kappa shape index (κ1) is 13.4. The first-order valence-corrected chi connectivity index (χ1v) is 6.00. The second kappa shape index (κ2) is 5.71. The lowest BCUT2D eigenvalue weighted by Crippen LogP contribution is -2.29. The second-order valence-corrected chi connectivity index (χ2v) is 4.56. The molecule has 0 saturated heterocycles. The molecule has 3 nitrogen and oxygen atoms in total. The topological polar surface area (TPSA) is 51.2 Å². The van der Waals surface area contributed by atoms with Crippen LogP contribution >= 0.6 is 23.2 Å². The van der Waals surface area contributed by atoms with E-state index >= 15 is 0 Å². The summed E-state index contributed by atoms with van der Waals surface area (Å²) in [6.07, 6.45) is 1.88. The Hall–Kier alpha value is -1.07. The molecule has 0 saturated carbocycles. The molecule has 0 aliphatic carbocycles. The smallest absolute Gasteiger partial charge is 0.197 e. The molecular formula is C12H11Cl2FN2O. The van der Waals surface area contributed by atoms with E-state index in [4.69, 9.17) is 33.5 Å². The third-order valence-electron chi connectivity index (χ3n) is 2.65. The number of benzene rings is 1. The molecule has 1 aromatic carbocycles. The van der Waals surface area contributed by atoms with Crippen LogP contribution in [0, 0.1) is 5.82 Å². The lowest BCUT2D eigenvalue weighted by Gasteiger charge is -2.15. The van der Waals surface area contributed by atoms with Gasteiger partial charge in [0.25, 0.3) is 0 Å². The minimum absolute atomic E-state index is 0.255. The number of rotatable bonds is 4. The monoisotopic (exact) mass is 288 g/mol. The van der Waals surface area contributed by atoms with Crippen LogP contribution in [0.15, 0.2) is 34.9 Å². The first-order valence-electron chi connectivity index (χ1n) is 5.24. The summed E-state index contributed by atoms with van der Waals surface area (Å²) < 4.78 is 18.2. The number of hydrogen-bond acceptors (Lipinski definition) is 3. The van der Waals surface area contributed by atoms with Gasteiger partial charge in [-0.15, -0.1) is 0 Å². The van der Waals surface area contributed by atoms with Gasteiger partial charge in [-0.1, -0.05) is 11.6 Å². The predicted octanol–water partition coefficient (Wildman–Crippen LogP) is 3.47. The van der Waals surface area contributed by atoms with E-state index in [1.807, 2.05) is 0 Å². The van der Waals surface area contributed by atoms with Crippen molar-refractivity contribution in [1.82, 2.24) is 5.43 Å². The molecule has 6 heteroatoms. The highest BCUT2D eigenvalue weighted by Crippen LogP contribution is 2.28. The standard InChI is InChI=1S/C12H11Cl2FN2O/c13-10-2-1-8(15)5-7(10)6-11(17-16)9-3-4-18-12(9)14/h1-5,11,17H,6,16H2. The molecule has 0 spiro atoms. The number of hydrazine groups is 1. The van der Waals surface area contributed by atoms with Gasteiger partial charge in [0.15, 0.2) is 5.22 Å². The fourth-order valence-corrected chi connectivity index (χ4v) is 2.17. The average molecular weight is 289 g/mol. The quantitative estimate of drug-likeness (QED) is 0.669. The van der Waals surface area contributed by atoms with Crippen LogP contribution in [0.1, 0.15) is 17.2 Å². The molecule has 0 bridgehead atoms. The molecule has 96 valence electrons. The molecule has 1 heterocycles. The summed E-state index contributed by atoms with van der Waals surface area (Å²) in [4.78, 5) is 0. The van der Waals surface area contributed by atoms with Crippen LogP contribution in [0.4, 0.5) is 4.39 Å². The molecule has 0 radical (unpaired) electrons. The maximum Gasteiger partial charge on any atom is 0.197 e. The summed E-state index contributed by atoms with van der Waals surface area (Å²) in [5.74, 6) is 5.14. The average Bonchev–Trinajstić information content (AvgIpc) is 2.77. The molecule has 1 atom stereocenters. The largest absolute Gasteiger partial charge is 0.453 e. The van der Waals surface area contributed by atoms with Gasteiger partial charge in [0.05, 0.1) is 12.3 Å². The van der Waals surface area contributed by atoms with Gasteiger partial charge in [0.1, 0.15) is 5.82 Å². The van der Waals surface area contributed by atoms with E-state index in [0.717, 1.165) is 0 Å². The zero-order valence-corrected chi connectivity index (χ0v) is 10.8. The third-order valence-corrected chi connectivity index (χ3v) is 3.33. The Morgan fingerprint density at radius 3 is 2.72 bits per heavy atom. The maximum atomic E-state index is 13.2.